The molecule has 8 heteroatoms. The molecule has 0 aliphatic rings. The predicted octanol–water partition coefficient (Wildman–Crippen LogP) is 1.07. The van der Waals surface area contributed by atoms with Crippen molar-refractivity contribution in [2.24, 2.45) is 0 Å². The fourth-order valence-corrected chi connectivity index (χ4v) is 1.98. The number of carbonyl (C=O) groups excluding carboxylic acids is 1. The fourth-order valence-electron chi connectivity index (χ4n) is 0.926. The van der Waals surface area contributed by atoms with Crippen molar-refractivity contribution in [3.05, 3.63) is 43.0 Å². The van der Waals surface area contributed by atoms with Crippen LogP contribution < -0.4 is 0 Å². The van der Waals surface area contributed by atoms with Gasteiger partial charge in [0.1, 0.15) is 6.26 Å². The maximum atomic E-state index is 10.8. The van der Waals surface area contributed by atoms with Crippen molar-refractivity contribution >= 4 is 27.3 Å². The molecule has 1 aromatic rings. The van der Waals surface area contributed by atoms with Gasteiger partial charge in [0.05, 0.1) is 18.0 Å². The molecule has 112 valence electrons. The van der Waals surface area contributed by atoms with Crippen molar-refractivity contribution < 1.29 is 26.7 Å². The molecule has 0 radical (unpaired) electrons. The lowest BCUT2D eigenvalue weighted by Crippen LogP contribution is -2.12. The SMILES string of the molecule is C=CC(=O)OC[S+](C)c1ccccc1.COS(=O)(=O)[O-]. The third kappa shape index (κ3) is 9.56. The van der Waals surface area contributed by atoms with Crippen molar-refractivity contribution in [1.29, 1.82) is 0 Å². The first-order valence-electron chi connectivity index (χ1n) is 5.28. The Labute approximate surface area is 121 Å². The van der Waals surface area contributed by atoms with Gasteiger partial charge in [-0.1, -0.05) is 24.8 Å². The second-order valence-corrected chi connectivity index (χ2v) is 6.44. The maximum Gasteiger partial charge on any atom is 0.333 e. The average Bonchev–Trinajstić information content (AvgIpc) is 2.45. The molecule has 0 fully saturated rings. The topological polar surface area (TPSA) is 92.7 Å². The molecule has 0 bridgehead atoms. The largest absolute Gasteiger partial charge is 0.726 e. The molecule has 1 rings (SSSR count). The highest BCUT2D eigenvalue weighted by molar-refractivity contribution is 7.96. The number of hydrogen-bond donors (Lipinski definition) is 0. The third-order valence-electron chi connectivity index (χ3n) is 1.89. The van der Waals surface area contributed by atoms with E-state index in [0.717, 1.165) is 7.11 Å². The van der Waals surface area contributed by atoms with Crippen LogP contribution in [-0.4, -0.2) is 38.2 Å². The summed E-state index contributed by atoms with van der Waals surface area (Å²) in [7, 11) is -3.65. The van der Waals surface area contributed by atoms with E-state index in [1.807, 2.05) is 36.6 Å². The Balaban J connectivity index is 0.000000511. The minimum atomic E-state index is -4.41. The monoisotopic (exact) mass is 320 g/mol. The van der Waals surface area contributed by atoms with Gasteiger partial charge in [0.25, 0.3) is 5.94 Å². The summed E-state index contributed by atoms with van der Waals surface area (Å²) in [5.74, 6) is 0.0646. The van der Waals surface area contributed by atoms with E-state index in [1.165, 1.54) is 11.0 Å². The van der Waals surface area contributed by atoms with Crippen molar-refractivity contribution in [2.75, 3.05) is 19.3 Å². The molecule has 1 unspecified atom stereocenters. The Bertz CT molecular complexity index is 512. The van der Waals surface area contributed by atoms with Crippen LogP contribution >= 0.6 is 0 Å². The summed E-state index contributed by atoms with van der Waals surface area (Å²) in [6.45, 7) is 3.34. The molecule has 0 aliphatic carbocycles. The van der Waals surface area contributed by atoms with E-state index in [1.54, 1.807) is 0 Å². The molecule has 1 aromatic carbocycles. The van der Waals surface area contributed by atoms with Gasteiger partial charge in [-0.15, -0.1) is 0 Å². The van der Waals surface area contributed by atoms with Crippen LogP contribution in [-0.2, 0) is 35.0 Å². The van der Waals surface area contributed by atoms with E-state index in [0.29, 0.717) is 5.94 Å². The van der Waals surface area contributed by atoms with E-state index in [4.69, 9.17) is 4.74 Å². The molecular weight excluding hydrogens is 304 g/mol. The van der Waals surface area contributed by atoms with E-state index < -0.39 is 10.4 Å². The lowest BCUT2D eigenvalue weighted by Gasteiger charge is -2.02. The first-order valence-corrected chi connectivity index (χ1v) is 8.42. The second kappa shape index (κ2) is 9.54. The van der Waals surface area contributed by atoms with Crippen molar-refractivity contribution in [2.45, 2.75) is 4.90 Å². The summed E-state index contributed by atoms with van der Waals surface area (Å²) >= 11 is 0. The maximum absolute atomic E-state index is 10.8. The third-order valence-corrected chi connectivity index (χ3v) is 3.85. The van der Waals surface area contributed by atoms with Gasteiger partial charge in [0.15, 0.2) is 4.90 Å². The Morgan fingerprint density at radius 1 is 1.40 bits per heavy atom. The van der Waals surface area contributed by atoms with Gasteiger partial charge >= 0.3 is 5.97 Å². The van der Waals surface area contributed by atoms with E-state index in [-0.39, 0.29) is 16.9 Å². The van der Waals surface area contributed by atoms with Gasteiger partial charge in [-0.2, -0.15) is 0 Å². The van der Waals surface area contributed by atoms with Crippen LogP contribution in [0.4, 0.5) is 0 Å². The van der Waals surface area contributed by atoms with E-state index >= 15 is 0 Å². The van der Waals surface area contributed by atoms with Crippen LogP contribution in [0.2, 0.25) is 0 Å². The molecule has 0 heterocycles. The summed E-state index contributed by atoms with van der Waals surface area (Å²) in [5.41, 5.74) is 0. The highest BCUT2D eigenvalue weighted by atomic mass is 32.3. The number of hydrogen-bond acceptors (Lipinski definition) is 6. The minimum absolute atomic E-state index is 0.0464. The summed E-state index contributed by atoms with van der Waals surface area (Å²) in [6, 6.07) is 9.99. The van der Waals surface area contributed by atoms with Crippen LogP contribution in [0.5, 0.6) is 0 Å². The fraction of sp³-hybridized carbons (Fsp3) is 0.250. The Hall–Kier alpha value is -1.35. The quantitative estimate of drug-likeness (QED) is 0.265. The zero-order valence-electron chi connectivity index (χ0n) is 11.1. The smallest absolute Gasteiger partial charge is 0.333 e. The van der Waals surface area contributed by atoms with E-state index in [9.17, 15) is 17.8 Å². The highest BCUT2D eigenvalue weighted by Crippen LogP contribution is 2.10. The predicted molar refractivity (Wildman–Crippen MR) is 75.9 cm³/mol. The van der Waals surface area contributed by atoms with Crippen molar-refractivity contribution in [1.82, 2.24) is 0 Å². The molecule has 6 nitrogen and oxygen atoms in total. The molecule has 0 amide bonds. The van der Waals surface area contributed by atoms with Crippen molar-refractivity contribution in [3.8, 4) is 0 Å². The minimum Gasteiger partial charge on any atom is -0.726 e. The Morgan fingerprint density at radius 3 is 2.30 bits per heavy atom. The van der Waals surface area contributed by atoms with Crippen LogP contribution in [0.15, 0.2) is 47.9 Å². The van der Waals surface area contributed by atoms with Crippen LogP contribution in [0.3, 0.4) is 0 Å². The van der Waals surface area contributed by atoms with E-state index in [2.05, 4.69) is 10.8 Å². The zero-order chi connectivity index (χ0) is 15.6. The Morgan fingerprint density at radius 2 is 1.90 bits per heavy atom. The van der Waals surface area contributed by atoms with Crippen molar-refractivity contribution in [3.63, 3.8) is 0 Å². The molecule has 0 saturated heterocycles. The van der Waals surface area contributed by atoms with Crippen LogP contribution in [0.1, 0.15) is 0 Å². The standard InChI is InChI=1S/C11H13O2S.CH4O4S/c1-3-11(12)13-9-14(2)10-7-5-4-6-8-10;1-5-6(2,3)4/h3-8H,1,9H2,2H3;1H3,(H,2,3,4)/q+1;/p-1. The van der Waals surface area contributed by atoms with Gasteiger partial charge in [-0.3, -0.25) is 4.18 Å². The number of esters is 1. The Kier molecular flexibility index (Phi) is 8.89. The molecular formula is C12H16O6S2. The van der Waals surface area contributed by atoms with Gasteiger partial charge in [0.2, 0.25) is 10.4 Å². The lowest BCUT2D eigenvalue weighted by atomic mass is 10.4. The second-order valence-electron chi connectivity index (χ2n) is 3.31. The number of carbonyl (C=O) groups is 1. The summed E-state index contributed by atoms with van der Waals surface area (Å²) in [6.07, 6.45) is 3.23. The molecule has 0 saturated carbocycles. The number of ether oxygens (including phenoxy) is 1. The molecule has 1 atom stereocenters. The van der Waals surface area contributed by atoms with Crippen LogP contribution in [0, 0.1) is 0 Å². The molecule has 0 spiro atoms. The average molecular weight is 320 g/mol. The highest BCUT2D eigenvalue weighted by Gasteiger charge is 2.15. The summed E-state index contributed by atoms with van der Waals surface area (Å²) < 4.78 is 36.0. The van der Waals surface area contributed by atoms with Gasteiger partial charge in [-0.25, -0.2) is 13.2 Å². The summed E-state index contributed by atoms with van der Waals surface area (Å²) in [5, 5.41) is 0. The molecule has 0 aliphatic heterocycles. The number of benzene rings is 1. The zero-order valence-corrected chi connectivity index (χ0v) is 12.8. The van der Waals surface area contributed by atoms with Gasteiger partial charge < -0.3 is 9.29 Å². The molecule has 0 N–H and O–H groups in total. The molecule has 0 aromatic heterocycles. The molecule has 20 heavy (non-hydrogen) atoms. The first kappa shape index (κ1) is 18.7. The van der Waals surface area contributed by atoms with Gasteiger partial charge in [-0.05, 0) is 12.1 Å². The summed E-state index contributed by atoms with van der Waals surface area (Å²) in [4.78, 5) is 12.0. The van der Waals surface area contributed by atoms with Crippen LogP contribution in [0.25, 0.3) is 0 Å². The first-order chi connectivity index (χ1) is 9.30. The normalized spacial score (nSPS) is 11.8. The number of rotatable bonds is 5. The van der Waals surface area contributed by atoms with Gasteiger partial charge in [0, 0.05) is 6.08 Å². The lowest BCUT2D eigenvalue weighted by molar-refractivity contribution is -0.135.